The van der Waals surface area contributed by atoms with Gasteiger partial charge in [-0.2, -0.15) is 0 Å². The monoisotopic (exact) mass is 352 g/mol. The van der Waals surface area contributed by atoms with Crippen molar-refractivity contribution in [1.29, 1.82) is 0 Å². The van der Waals surface area contributed by atoms with Crippen molar-refractivity contribution in [2.75, 3.05) is 19.5 Å². The predicted molar refractivity (Wildman–Crippen MR) is 89.6 cm³/mol. The van der Waals surface area contributed by atoms with Crippen molar-refractivity contribution < 1.29 is 23.0 Å². The van der Waals surface area contributed by atoms with Crippen LogP contribution in [-0.4, -0.2) is 25.2 Å². The highest BCUT2D eigenvalue weighted by molar-refractivity contribution is 7.80. The van der Waals surface area contributed by atoms with E-state index < -0.39 is 17.5 Å². The van der Waals surface area contributed by atoms with Crippen LogP contribution in [0.15, 0.2) is 36.4 Å². The van der Waals surface area contributed by atoms with Crippen molar-refractivity contribution in [3.8, 4) is 11.5 Å². The van der Waals surface area contributed by atoms with Gasteiger partial charge in [-0.3, -0.25) is 10.1 Å². The number of anilines is 1. The van der Waals surface area contributed by atoms with Gasteiger partial charge < -0.3 is 14.8 Å². The van der Waals surface area contributed by atoms with Crippen LogP contribution in [0, 0.1) is 11.6 Å². The Balaban J connectivity index is 2.16. The molecule has 0 bridgehead atoms. The average Bonchev–Trinajstić information content (AvgIpc) is 2.56. The van der Waals surface area contributed by atoms with E-state index in [0.29, 0.717) is 17.6 Å². The van der Waals surface area contributed by atoms with Crippen LogP contribution in [0.25, 0.3) is 0 Å². The molecule has 0 fully saturated rings. The Bertz CT molecular complexity index is 762. The first kappa shape index (κ1) is 17.6. The van der Waals surface area contributed by atoms with E-state index in [2.05, 4.69) is 10.6 Å². The molecule has 2 aromatic rings. The molecule has 0 unspecified atom stereocenters. The third kappa shape index (κ3) is 3.96. The zero-order valence-electron chi connectivity index (χ0n) is 12.9. The Morgan fingerprint density at radius 2 is 1.71 bits per heavy atom. The quantitative estimate of drug-likeness (QED) is 0.828. The second-order valence-electron chi connectivity index (χ2n) is 4.57. The lowest BCUT2D eigenvalue weighted by Crippen LogP contribution is -2.34. The molecule has 2 aromatic carbocycles. The maximum atomic E-state index is 13.6. The van der Waals surface area contributed by atoms with Crippen LogP contribution in [0.5, 0.6) is 11.5 Å². The van der Waals surface area contributed by atoms with Gasteiger partial charge in [-0.25, -0.2) is 8.78 Å². The van der Waals surface area contributed by atoms with Crippen LogP contribution in [0.1, 0.15) is 10.4 Å². The van der Waals surface area contributed by atoms with Crippen LogP contribution in [0.2, 0.25) is 0 Å². The molecule has 0 aliphatic rings. The molecule has 0 aliphatic carbocycles. The third-order valence-electron chi connectivity index (χ3n) is 3.06. The molecular formula is C16H14F2N2O3S. The molecule has 126 valence electrons. The van der Waals surface area contributed by atoms with E-state index in [9.17, 15) is 13.6 Å². The smallest absolute Gasteiger partial charge is 0.264 e. The number of hydrogen-bond acceptors (Lipinski definition) is 4. The number of benzene rings is 2. The van der Waals surface area contributed by atoms with Gasteiger partial charge in [0.1, 0.15) is 28.7 Å². The summed E-state index contributed by atoms with van der Waals surface area (Å²) in [5, 5.41) is 4.73. The van der Waals surface area contributed by atoms with Gasteiger partial charge in [0.25, 0.3) is 5.91 Å². The first-order chi connectivity index (χ1) is 11.5. The fraction of sp³-hybridized carbons (Fsp3) is 0.125. The highest BCUT2D eigenvalue weighted by atomic mass is 32.1. The zero-order chi connectivity index (χ0) is 17.7. The number of nitrogens with one attached hydrogen (secondary N) is 2. The van der Waals surface area contributed by atoms with Gasteiger partial charge in [0, 0.05) is 6.07 Å². The topological polar surface area (TPSA) is 59.6 Å². The second-order valence-corrected chi connectivity index (χ2v) is 4.98. The van der Waals surface area contributed by atoms with Crippen LogP contribution in [0.3, 0.4) is 0 Å². The van der Waals surface area contributed by atoms with Crippen LogP contribution in [0.4, 0.5) is 14.5 Å². The average molecular weight is 352 g/mol. The van der Waals surface area contributed by atoms with E-state index in [4.69, 9.17) is 21.7 Å². The summed E-state index contributed by atoms with van der Waals surface area (Å²) < 4.78 is 36.7. The summed E-state index contributed by atoms with van der Waals surface area (Å²) in [4.78, 5) is 12.4. The number of amides is 1. The number of carbonyl (C=O) groups is 1. The lowest BCUT2D eigenvalue weighted by molar-refractivity contribution is 0.0971. The molecule has 2 rings (SSSR count). The van der Waals surface area contributed by atoms with E-state index in [-0.39, 0.29) is 16.4 Å². The van der Waals surface area contributed by atoms with Gasteiger partial charge in [-0.05, 0) is 36.5 Å². The maximum Gasteiger partial charge on any atom is 0.264 e. The summed E-state index contributed by atoms with van der Waals surface area (Å²) in [6, 6.07) is 7.79. The Kier molecular flexibility index (Phi) is 5.64. The number of ether oxygens (including phenoxy) is 2. The van der Waals surface area contributed by atoms with E-state index in [1.165, 1.54) is 20.3 Å². The normalized spacial score (nSPS) is 10.0. The summed E-state index contributed by atoms with van der Waals surface area (Å²) in [6.45, 7) is 0. The Hall–Kier alpha value is -2.74. The Morgan fingerprint density at radius 1 is 1.08 bits per heavy atom. The fourth-order valence-electron chi connectivity index (χ4n) is 1.99. The number of carbonyl (C=O) groups excluding carboxylic acids is 1. The summed E-state index contributed by atoms with van der Waals surface area (Å²) >= 11 is 4.98. The summed E-state index contributed by atoms with van der Waals surface area (Å²) in [6.07, 6.45) is 0. The summed E-state index contributed by atoms with van der Waals surface area (Å²) in [5.74, 6) is -1.55. The van der Waals surface area contributed by atoms with Crippen molar-refractivity contribution in [1.82, 2.24) is 5.32 Å². The van der Waals surface area contributed by atoms with Gasteiger partial charge in [0.05, 0.1) is 19.9 Å². The molecular weight excluding hydrogens is 338 g/mol. The van der Waals surface area contributed by atoms with Crippen LogP contribution >= 0.6 is 12.2 Å². The molecule has 1 amide bonds. The largest absolute Gasteiger partial charge is 0.496 e. The minimum atomic E-state index is -0.832. The highest BCUT2D eigenvalue weighted by Gasteiger charge is 2.19. The van der Waals surface area contributed by atoms with Crippen molar-refractivity contribution in [3.05, 3.63) is 53.6 Å². The summed E-state index contributed by atoms with van der Waals surface area (Å²) in [7, 11) is 2.83. The maximum absolute atomic E-state index is 13.6. The number of halogens is 2. The zero-order valence-corrected chi connectivity index (χ0v) is 13.7. The SMILES string of the molecule is COc1cccc(OC)c1C(=O)NC(=S)Nc1ccc(F)cc1F. The lowest BCUT2D eigenvalue weighted by atomic mass is 10.1. The molecule has 5 nitrogen and oxygen atoms in total. The minimum Gasteiger partial charge on any atom is -0.496 e. The fourth-order valence-corrected chi connectivity index (χ4v) is 2.19. The molecule has 0 aromatic heterocycles. The van der Waals surface area contributed by atoms with E-state index >= 15 is 0 Å². The van der Waals surface area contributed by atoms with E-state index in [1.807, 2.05) is 0 Å². The predicted octanol–water partition coefficient (Wildman–Crippen LogP) is 3.11. The first-order valence-electron chi connectivity index (χ1n) is 6.74. The molecule has 0 radical (unpaired) electrons. The van der Waals surface area contributed by atoms with Gasteiger partial charge in [0.2, 0.25) is 0 Å². The molecule has 0 atom stereocenters. The second kappa shape index (κ2) is 7.69. The van der Waals surface area contributed by atoms with Crippen molar-refractivity contribution in [3.63, 3.8) is 0 Å². The number of methoxy groups -OCH3 is 2. The van der Waals surface area contributed by atoms with Gasteiger partial charge in [-0.1, -0.05) is 6.07 Å². The Labute approximate surface area is 142 Å². The molecule has 0 heterocycles. The molecule has 0 saturated heterocycles. The molecule has 0 spiro atoms. The molecule has 8 heteroatoms. The first-order valence-corrected chi connectivity index (χ1v) is 7.15. The number of rotatable bonds is 4. The standard InChI is InChI=1S/C16H14F2N2O3S/c1-22-12-4-3-5-13(23-2)14(12)15(21)20-16(24)19-11-7-6-9(17)8-10(11)18/h3-8H,1-2H3,(H2,19,20,21,24). The molecule has 0 aliphatic heterocycles. The van der Waals surface area contributed by atoms with Crippen LogP contribution < -0.4 is 20.1 Å². The van der Waals surface area contributed by atoms with Gasteiger partial charge in [0.15, 0.2) is 5.11 Å². The number of hydrogen-bond donors (Lipinski definition) is 2. The molecule has 24 heavy (non-hydrogen) atoms. The Morgan fingerprint density at radius 3 is 2.25 bits per heavy atom. The molecule has 2 N–H and O–H groups in total. The van der Waals surface area contributed by atoms with Crippen molar-refractivity contribution in [2.45, 2.75) is 0 Å². The lowest BCUT2D eigenvalue weighted by Gasteiger charge is -2.14. The van der Waals surface area contributed by atoms with Crippen molar-refractivity contribution in [2.24, 2.45) is 0 Å². The van der Waals surface area contributed by atoms with E-state index in [1.54, 1.807) is 18.2 Å². The van der Waals surface area contributed by atoms with Gasteiger partial charge in [-0.15, -0.1) is 0 Å². The van der Waals surface area contributed by atoms with E-state index in [0.717, 1.165) is 6.07 Å². The highest BCUT2D eigenvalue weighted by Crippen LogP contribution is 2.28. The minimum absolute atomic E-state index is 0.0614. The third-order valence-corrected chi connectivity index (χ3v) is 3.27. The van der Waals surface area contributed by atoms with Crippen LogP contribution in [-0.2, 0) is 0 Å². The van der Waals surface area contributed by atoms with Crippen molar-refractivity contribution >= 4 is 28.9 Å². The van der Waals surface area contributed by atoms with Gasteiger partial charge >= 0.3 is 0 Å². The number of thiocarbonyl (C=S) groups is 1. The molecule has 0 saturated carbocycles. The summed E-state index contributed by atoms with van der Waals surface area (Å²) in [5.41, 5.74) is 0.0833.